The highest BCUT2D eigenvalue weighted by atomic mass is 35.5. The Balaban J connectivity index is 1.43. The van der Waals surface area contributed by atoms with Crippen LogP contribution in [-0.4, -0.2) is 53.0 Å². The number of hydrogen-bond acceptors (Lipinski definition) is 7. The van der Waals surface area contributed by atoms with Gasteiger partial charge in [-0.3, -0.25) is 4.79 Å². The number of aromatic nitrogens is 2. The molecule has 2 aliphatic heterocycles. The van der Waals surface area contributed by atoms with E-state index in [1.54, 1.807) is 0 Å². The number of carboxylic acids is 1. The summed E-state index contributed by atoms with van der Waals surface area (Å²) in [6.45, 7) is 1.25. The Kier molecular flexibility index (Phi) is 7.58. The van der Waals surface area contributed by atoms with E-state index >= 15 is 0 Å². The van der Waals surface area contributed by atoms with Gasteiger partial charge in [0.05, 0.1) is 18.9 Å². The maximum Gasteiger partial charge on any atom is 0.429 e. The zero-order valence-electron chi connectivity index (χ0n) is 20.9. The van der Waals surface area contributed by atoms with Gasteiger partial charge < -0.3 is 25.6 Å². The number of rotatable bonds is 6. The van der Waals surface area contributed by atoms with Crippen molar-refractivity contribution in [1.82, 2.24) is 15.3 Å². The van der Waals surface area contributed by atoms with Crippen LogP contribution in [-0.2, 0) is 9.53 Å². The number of carboxylic acid groups (broad SMARTS) is 1. The second-order valence-corrected chi connectivity index (χ2v) is 10.6. The summed E-state index contributed by atoms with van der Waals surface area (Å²) in [7, 11) is 0. The average Bonchev–Trinajstić information content (AvgIpc) is 3.31. The van der Waals surface area contributed by atoms with Crippen LogP contribution in [0, 0.1) is 5.41 Å². The van der Waals surface area contributed by atoms with E-state index in [1.807, 2.05) is 12.2 Å². The third-order valence-electron chi connectivity index (χ3n) is 7.50. The standard InChI is InChI=1S/C27H28ClF3N4O4/c28-17-3-4-18(19(10-17)16-2-1-9-38-13-16)23(27(29,30)31)39-22-11-20(34-25(32)35-22)15-5-7-26(8-6-15)12-21(24(36)37)33-14-26/h2-5,10-11,21,23,33H,1,6-9,12-14H2,(H,36,37)(H2,32,34,35)/t21-,23+,26+/m0/s1. The highest BCUT2D eigenvalue weighted by Crippen LogP contribution is 2.45. The molecule has 3 atom stereocenters. The lowest BCUT2D eigenvalue weighted by atomic mass is 9.73. The van der Waals surface area contributed by atoms with Crippen LogP contribution in [0.3, 0.4) is 0 Å². The van der Waals surface area contributed by atoms with Gasteiger partial charge in [0, 0.05) is 23.2 Å². The van der Waals surface area contributed by atoms with E-state index in [0.717, 1.165) is 5.57 Å². The summed E-state index contributed by atoms with van der Waals surface area (Å²) >= 11 is 6.14. The zero-order chi connectivity index (χ0) is 27.8. The first-order valence-electron chi connectivity index (χ1n) is 12.6. The number of nitrogens with zero attached hydrogens (tertiary/aromatic N) is 2. The summed E-state index contributed by atoms with van der Waals surface area (Å²) in [5, 5.41) is 12.7. The fourth-order valence-corrected chi connectivity index (χ4v) is 5.66. The number of aliphatic carboxylic acids is 1. The molecule has 0 bridgehead atoms. The van der Waals surface area contributed by atoms with Crippen LogP contribution in [0.5, 0.6) is 5.88 Å². The number of nitrogens with one attached hydrogen (secondary N) is 1. The normalized spacial score (nSPS) is 24.3. The number of ether oxygens (including phenoxy) is 2. The number of nitrogen functional groups attached to an aromatic ring is 1. The Bertz CT molecular complexity index is 1330. The minimum atomic E-state index is -4.77. The largest absolute Gasteiger partial charge is 0.480 e. The molecule has 208 valence electrons. The van der Waals surface area contributed by atoms with Crippen molar-refractivity contribution in [3.63, 3.8) is 0 Å². The minimum Gasteiger partial charge on any atom is -0.480 e. The third-order valence-corrected chi connectivity index (χ3v) is 7.74. The summed E-state index contributed by atoms with van der Waals surface area (Å²) < 4.78 is 54.2. The van der Waals surface area contributed by atoms with E-state index < -0.39 is 24.3 Å². The molecule has 2 aromatic rings. The fourth-order valence-electron chi connectivity index (χ4n) is 5.49. The van der Waals surface area contributed by atoms with Crippen molar-refractivity contribution < 1.29 is 32.5 Å². The summed E-state index contributed by atoms with van der Waals surface area (Å²) in [5.41, 5.74) is 7.71. The molecule has 3 heterocycles. The van der Waals surface area contributed by atoms with Crippen LogP contribution in [0.2, 0.25) is 5.02 Å². The molecule has 1 aromatic carbocycles. The van der Waals surface area contributed by atoms with Crippen molar-refractivity contribution in [2.45, 2.75) is 50.4 Å². The van der Waals surface area contributed by atoms with E-state index in [0.29, 0.717) is 67.1 Å². The van der Waals surface area contributed by atoms with E-state index in [-0.39, 0.29) is 29.4 Å². The number of alkyl halides is 3. The van der Waals surface area contributed by atoms with Gasteiger partial charge in [0.1, 0.15) is 6.04 Å². The molecular formula is C27H28ClF3N4O4. The number of carbonyl (C=O) groups is 1. The molecule has 1 fully saturated rings. The SMILES string of the molecule is Nc1nc(O[C@H](c2ccc(Cl)cc2C2=CCCOC2)C(F)(F)F)cc(C2=CC[C@]3(CC2)CN[C@H](C(=O)O)C3)n1. The number of allylic oxidation sites excluding steroid dienone is 2. The Morgan fingerprint density at radius 3 is 2.72 bits per heavy atom. The monoisotopic (exact) mass is 564 g/mol. The first-order chi connectivity index (χ1) is 18.5. The lowest BCUT2D eigenvalue weighted by molar-refractivity contribution is -0.198. The van der Waals surface area contributed by atoms with Crippen LogP contribution in [0.4, 0.5) is 19.1 Å². The third kappa shape index (κ3) is 6.05. The predicted molar refractivity (Wildman–Crippen MR) is 139 cm³/mol. The van der Waals surface area contributed by atoms with E-state index in [1.165, 1.54) is 24.3 Å². The second kappa shape index (κ2) is 10.8. The topological polar surface area (TPSA) is 120 Å². The number of hydrogen-bond donors (Lipinski definition) is 3. The Morgan fingerprint density at radius 1 is 1.26 bits per heavy atom. The lowest BCUT2D eigenvalue weighted by Gasteiger charge is -2.32. The van der Waals surface area contributed by atoms with Crippen LogP contribution in [0.25, 0.3) is 11.1 Å². The molecule has 0 amide bonds. The fraction of sp³-hybridized carbons (Fsp3) is 0.444. The Labute approximate surface area is 228 Å². The molecule has 39 heavy (non-hydrogen) atoms. The smallest absolute Gasteiger partial charge is 0.429 e. The molecule has 8 nitrogen and oxygen atoms in total. The Hall–Kier alpha value is -3.15. The summed E-state index contributed by atoms with van der Waals surface area (Å²) in [5.74, 6) is -1.38. The maximum absolute atomic E-state index is 14.4. The number of benzene rings is 1. The van der Waals surface area contributed by atoms with Gasteiger partial charge in [-0.2, -0.15) is 18.2 Å². The van der Waals surface area contributed by atoms with Crippen LogP contribution in [0.15, 0.2) is 36.4 Å². The van der Waals surface area contributed by atoms with Crippen LogP contribution >= 0.6 is 11.6 Å². The number of anilines is 1. The van der Waals surface area contributed by atoms with Gasteiger partial charge in [0.15, 0.2) is 0 Å². The molecule has 0 saturated carbocycles. The van der Waals surface area contributed by atoms with Gasteiger partial charge in [0.2, 0.25) is 17.9 Å². The summed E-state index contributed by atoms with van der Waals surface area (Å²) in [6.07, 6.45) is -0.313. The quantitative estimate of drug-likeness (QED) is 0.438. The second-order valence-electron chi connectivity index (χ2n) is 10.2. The zero-order valence-corrected chi connectivity index (χ0v) is 21.7. The molecule has 1 saturated heterocycles. The average molecular weight is 565 g/mol. The molecule has 1 aliphatic carbocycles. The van der Waals surface area contributed by atoms with Gasteiger partial charge in [0.25, 0.3) is 0 Å². The molecule has 1 spiro atoms. The molecule has 1 aromatic heterocycles. The molecular weight excluding hydrogens is 537 g/mol. The van der Waals surface area contributed by atoms with E-state index in [9.17, 15) is 23.1 Å². The van der Waals surface area contributed by atoms with Crippen LogP contribution < -0.4 is 15.8 Å². The Morgan fingerprint density at radius 2 is 2.08 bits per heavy atom. The minimum absolute atomic E-state index is 0.108. The van der Waals surface area contributed by atoms with Gasteiger partial charge in [-0.15, -0.1) is 0 Å². The van der Waals surface area contributed by atoms with Gasteiger partial charge >= 0.3 is 12.1 Å². The van der Waals surface area contributed by atoms with Crippen molar-refractivity contribution >= 4 is 34.7 Å². The molecule has 0 radical (unpaired) electrons. The van der Waals surface area contributed by atoms with Crippen molar-refractivity contribution in [2.75, 3.05) is 25.5 Å². The van der Waals surface area contributed by atoms with Crippen molar-refractivity contribution in [3.8, 4) is 5.88 Å². The van der Waals surface area contributed by atoms with E-state index in [2.05, 4.69) is 15.3 Å². The van der Waals surface area contributed by atoms with Crippen molar-refractivity contribution in [3.05, 3.63) is 58.3 Å². The van der Waals surface area contributed by atoms with Gasteiger partial charge in [-0.05, 0) is 66.4 Å². The highest BCUT2D eigenvalue weighted by molar-refractivity contribution is 6.30. The summed E-state index contributed by atoms with van der Waals surface area (Å²) in [6, 6.07) is 4.96. The number of nitrogens with two attached hydrogens (primary N) is 1. The number of halogens is 4. The molecule has 0 unspecified atom stereocenters. The molecule has 3 aliphatic rings. The summed E-state index contributed by atoms with van der Waals surface area (Å²) in [4.78, 5) is 19.5. The molecule has 12 heteroatoms. The first kappa shape index (κ1) is 27.4. The maximum atomic E-state index is 14.4. The molecule has 5 rings (SSSR count). The lowest BCUT2D eigenvalue weighted by Crippen LogP contribution is -2.30. The first-order valence-corrected chi connectivity index (χ1v) is 13.0. The van der Waals surface area contributed by atoms with Crippen molar-refractivity contribution in [2.24, 2.45) is 5.41 Å². The van der Waals surface area contributed by atoms with Gasteiger partial charge in [-0.25, -0.2) is 4.98 Å². The molecule has 4 N–H and O–H groups in total. The van der Waals surface area contributed by atoms with Gasteiger partial charge in [-0.1, -0.05) is 29.8 Å². The van der Waals surface area contributed by atoms with Crippen molar-refractivity contribution in [1.29, 1.82) is 0 Å². The van der Waals surface area contributed by atoms with Crippen LogP contribution in [0.1, 0.15) is 55.0 Å². The predicted octanol–water partition coefficient (Wildman–Crippen LogP) is 5.20. The van der Waals surface area contributed by atoms with E-state index in [4.69, 9.17) is 26.8 Å². The highest BCUT2D eigenvalue weighted by Gasteiger charge is 2.45.